The molecule has 0 heterocycles. The van der Waals surface area contributed by atoms with Gasteiger partial charge >= 0.3 is 33.5 Å². The summed E-state index contributed by atoms with van der Waals surface area (Å²) in [5.74, 6) is -4.55. The number of alkyl halides is 5. The first-order chi connectivity index (χ1) is 14.0. The first-order valence-corrected chi connectivity index (χ1v) is 10.9. The van der Waals surface area contributed by atoms with Crippen LogP contribution in [-0.4, -0.2) is 48.0 Å². The third-order valence-electron chi connectivity index (χ3n) is 6.33. The third-order valence-corrected chi connectivity index (χ3v) is 7.23. The van der Waals surface area contributed by atoms with E-state index in [0.717, 1.165) is 0 Å². The second-order valence-electron chi connectivity index (χ2n) is 8.74. The molecule has 176 valence electrons. The van der Waals surface area contributed by atoms with Crippen molar-refractivity contribution in [2.45, 2.75) is 62.2 Å². The number of halogens is 5. The maximum atomic E-state index is 13.8. The Kier molecular flexibility index (Phi) is 5.70. The van der Waals surface area contributed by atoms with Crippen molar-refractivity contribution >= 4 is 22.1 Å². The van der Waals surface area contributed by atoms with Gasteiger partial charge in [-0.3, -0.25) is 9.35 Å². The van der Waals surface area contributed by atoms with Crippen molar-refractivity contribution in [2.24, 2.45) is 23.7 Å². The molecule has 4 rings (SSSR count). The van der Waals surface area contributed by atoms with E-state index >= 15 is 0 Å². The van der Waals surface area contributed by atoms with Gasteiger partial charge in [0, 0.05) is 5.57 Å². The highest BCUT2D eigenvalue weighted by atomic mass is 32.2. The van der Waals surface area contributed by atoms with Gasteiger partial charge in [0.2, 0.25) is 0 Å². The fraction of sp³-hybridized carbons (Fsp3) is 0.778. The summed E-state index contributed by atoms with van der Waals surface area (Å²) in [6, 6.07) is 0. The summed E-state index contributed by atoms with van der Waals surface area (Å²) in [6.45, 7) is 4.95. The van der Waals surface area contributed by atoms with E-state index in [1.165, 1.54) is 6.92 Å². The van der Waals surface area contributed by atoms with Gasteiger partial charge in [-0.2, -0.15) is 30.4 Å². The monoisotopic (exact) mass is 476 g/mol. The molecular weight excluding hydrogens is 455 g/mol. The summed E-state index contributed by atoms with van der Waals surface area (Å²) < 4.78 is 107. The van der Waals surface area contributed by atoms with Gasteiger partial charge in [-0.05, 0) is 56.8 Å². The van der Waals surface area contributed by atoms with Crippen molar-refractivity contribution in [1.82, 2.24) is 0 Å². The Balaban J connectivity index is 1.82. The zero-order chi connectivity index (χ0) is 23.6. The molecule has 0 aromatic rings. The topological polar surface area (TPSA) is 107 Å². The third kappa shape index (κ3) is 4.30. The second kappa shape index (κ2) is 7.39. The van der Waals surface area contributed by atoms with Crippen LogP contribution in [0.25, 0.3) is 0 Å². The average Bonchev–Trinajstić information content (AvgIpc) is 2.56. The molecule has 4 aliphatic carbocycles. The number of esters is 2. The Bertz CT molecular complexity index is 881. The van der Waals surface area contributed by atoms with E-state index in [1.54, 1.807) is 0 Å². The lowest BCUT2D eigenvalue weighted by atomic mass is 9.50. The van der Waals surface area contributed by atoms with E-state index in [-0.39, 0.29) is 24.3 Å². The molecule has 3 unspecified atom stereocenters. The zero-order valence-corrected chi connectivity index (χ0v) is 17.1. The predicted molar refractivity (Wildman–Crippen MR) is 93.1 cm³/mol. The minimum Gasteiger partial charge on any atom is -0.456 e. The number of hydrogen-bond donors (Lipinski definition) is 1. The van der Waals surface area contributed by atoms with Gasteiger partial charge in [0.15, 0.2) is 0 Å². The van der Waals surface area contributed by atoms with E-state index in [2.05, 4.69) is 11.3 Å². The van der Waals surface area contributed by atoms with Crippen LogP contribution in [0.3, 0.4) is 0 Å². The smallest absolute Gasteiger partial charge is 0.432 e. The van der Waals surface area contributed by atoms with Crippen LogP contribution in [0.15, 0.2) is 12.2 Å². The number of ether oxygens (including phenoxy) is 2. The van der Waals surface area contributed by atoms with Crippen LogP contribution in [0.2, 0.25) is 0 Å². The Labute approximate surface area is 174 Å². The van der Waals surface area contributed by atoms with E-state index in [9.17, 15) is 40.0 Å². The molecule has 4 aliphatic rings. The summed E-state index contributed by atoms with van der Waals surface area (Å²) >= 11 is 0. The average molecular weight is 476 g/mol. The van der Waals surface area contributed by atoms with Crippen LogP contribution >= 0.6 is 0 Å². The van der Waals surface area contributed by atoms with Gasteiger partial charge in [0.1, 0.15) is 5.60 Å². The molecule has 0 aromatic carbocycles. The molecule has 13 heteroatoms. The summed E-state index contributed by atoms with van der Waals surface area (Å²) in [5, 5.41) is -5.77. The van der Waals surface area contributed by atoms with Crippen LogP contribution < -0.4 is 0 Å². The number of carbonyl (C=O) groups excluding carboxylic acids is 2. The van der Waals surface area contributed by atoms with Crippen molar-refractivity contribution in [3.05, 3.63) is 12.2 Å². The van der Waals surface area contributed by atoms with E-state index in [0.29, 0.717) is 19.3 Å². The highest BCUT2D eigenvalue weighted by molar-refractivity contribution is 7.86. The molecule has 7 nitrogen and oxygen atoms in total. The number of carbonyl (C=O) groups is 2. The number of rotatable bonds is 6. The minimum atomic E-state index is -6.51. The molecule has 0 aromatic heterocycles. The van der Waals surface area contributed by atoms with E-state index in [1.807, 2.05) is 0 Å². The van der Waals surface area contributed by atoms with E-state index < -0.39 is 62.9 Å². The van der Waals surface area contributed by atoms with Crippen molar-refractivity contribution < 1.29 is 54.0 Å². The van der Waals surface area contributed by atoms with Gasteiger partial charge in [0.25, 0.3) is 6.10 Å². The van der Waals surface area contributed by atoms with Crippen LogP contribution in [0.1, 0.15) is 39.0 Å². The fourth-order valence-electron chi connectivity index (χ4n) is 5.40. The van der Waals surface area contributed by atoms with Gasteiger partial charge in [0.05, 0.1) is 5.92 Å². The molecular formula is C18H21F5O7S. The van der Waals surface area contributed by atoms with Crippen LogP contribution in [0.5, 0.6) is 0 Å². The van der Waals surface area contributed by atoms with E-state index in [4.69, 9.17) is 9.29 Å². The molecule has 0 saturated heterocycles. The van der Waals surface area contributed by atoms with Crippen molar-refractivity contribution in [3.63, 3.8) is 0 Å². The summed E-state index contributed by atoms with van der Waals surface area (Å²) in [6.07, 6.45) is -8.67. The quantitative estimate of drug-likeness (QED) is 0.271. The highest BCUT2D eigenvalue weighted by Crippen LogP contribution is 2.60. The summed E-state index contributed by atoms with van der Waals surface area (Å²) in [4.78, 5) is 24.5. The lowest BCUT2D eigenvalue weighted by Gasteiger charge is -2.58. The fourth-order valence-corrected chi connectivity index (χ4v) is 5.85. The molecule has 0 spiro atoms. The minimum absolute atomic E-state index is 0.0390. The molecule has 0 amide bonds. The standard InChI is InChI=1S/C18H21F5O7S/c1-8(2)13(24)30-16-5-9-3-10(6-16)12(11(4-9)7-16)14(25)29-15(17(19,20)21)18(22,23)31(26,27)28/h9-12,15H,1,3-7H2,2H3,(H,26,27,28). The predicted octanol–water partition coefficient (Wildman–Crippen LogP) is 3.26. The Morgan fingerprint density at radius 2 is 1.61 bits per heavy atom. The molecule has 0 radical (unpaired) electrons. The van der Waals surface area contributed by atoms with Gasteiger partial charge < -0.3 is 9.47 Å². The van der Waals surface area contributed by atoms with Crippen molar-refractivity contribution in [3.8, 4) is 0 Å². The first kappa shape index (κ1) is 23.9. The first-order valence-electron chi connectivity index (χ1n) is 9.48. The molecule has 4 saturated carbocycles. The van der Waals surface area contributed by atoms with Crippen molar-refractivity contribution in [1.29, 1.82) is 0 Å². The Morgan fingerprint density at radius 3 is 2.03 bits per heavy atom. The zero-order valence-electron chi connectivity index (χ0n) is 16.3. The molecule has 4 fully saturated rings. The normalized spacial score (nSPS) is 33.6. The lowest BCUT2D eigenvalue weighted by molar-refractivity contribution is -0.265. The van der Waals surface area contributed by atoms with Crippen LogP contribution in [0, 0.1) is 23.7 Å². The maximum Gasteiger partial charge on any atom is 0.432 e. The highest BCUT2D eigenvalue weighted by Gasteiger charge is 2.67. The largest absolute Gasteiger partial charge is 0.456 e. The number of hydrogen-bond acceptors (Lipinski definition) is 6. The van der Waals surface area contributed by atoms with Gasteiger partial charge in [-0.15, -0.1) is 0 Å². The molecule has 1 N–H and O–H groups in total. The van der Waals surface area contributed by atoms with Crippen LogP contribution in [-0.2, 0) is 29.2 Å². The molecule has 4 bridgehead atoms. The summed E-state index contributed by atoms with van der Waals surface area (Å²) in [5.41, 5.74) is -0.752. The van der Waals surface area contributed by atoms with Gasteiger partial charge in [-0.25, -0.2) is 4.79 Å². The molecule has 3 atom stereocenters. The van der Waals surface area contributed by atoms with Crippen molar-refractivity contribution in [2.75, 3.05) is 0 Å². The molecule has 31 heavy (non-hydrogen) atoms. The Morgan fingerprint density at radius 1 is 1.10 bits per heavy atom. The maximum absolute atomic E-state index is 13.8. The Hall–Kier alpha value is -1.76. The lowest BCUT2D eigenvalue weighted by Crippen LogP contribution is -2.59. The van der Waals surface area contributed by atoms with Gasteiger partial charge in [-0.1, -0.05) is 6.58 Å². The molecule has 0 aliphatic heterocycles. The SMILES string of the molecule is C=C(C)C(=O)OC12CC3CC(C1)C(C(=O)OC(C(F)(F)F)C(F)(F)S(=O)(=O)O)C(C3)C2. The summed E-state index contributed by atoms with van der Waals surface area (Å²) in [7, 11) is -6.51. The van der Waals surface area contributed by atoms with Crippen LogP contribution in [0.4, 0.5) is 22.0 Å². The second-order valence-corrected chi connectivity index (χ2v) is 10.2.